The average molecular weight is 398 g/mol. The molecule has 0 N–H and O–H groups in total. The molecule has 0 spiro atoms. The first-order valence-electron chi connectivity index (χ1n) is 7.95. The number of ether oxygens (including phenoxy) is 1. The second kappa shape index (κ2) is 7.69. The van der Waals surface area contributed by atoms with E-state index in [0.717, 1.165) is 16.1 Å². The Morgan fingerprint density at radius 1 is 1.07 bits per heavy atom. The van der Waals surface area contributed by atoms with E-state index in [0.29, 0.717) is 10.8 Å². The number of hydrogen-bond acceptors (Lipinski definition) is 7. The predicted octanol–water partition coefficient (Wildman–Crippen LogP) is 4.87. The van der Waals surface area contributed by atoms with Crippen LogP contribution >= 0.6 is 22.9 Å². The van der Waals surface area contributed by atoms with E-state index in [1.54, 1.807) is 23.6 Å². The summed E-state index contributed by atoms with van der Waals surface area (Å²) >= 11 is 7.34. The number of carbonyl (C=O) groups is 1. The smallest absolute Gasteiger partial charge is 0.358 e. The molecular weight excluding hydrogens is 386 g/mol. The monoisotopic (exact) mass is 397 g/mol. The first-order valence-corrected chi connectivity index (χ1v) is 9.21. The topological polar surface area (TPSA) is 78.1 Å². The van der Waals surface area contributed by atoms with Crippen LogP contribution in [-0.2, 0) is 11.3 Å². The van der Waals surface area contributed by atoms with Crippen LogP contribution < -0.4 is 0 Å². The lowest BCUT2D eigenvalue weighted by Crippen LogP contribution is -2.05. The Hall–Kier alpha value is -3.03. The van der Waals surface area contributed by atoms with Gasteiger partial charge in [-0.2, -0.15) is 4.98 Å². The summed E-state index contributed by atoms with van der Waals surface area (Å²) in [6, 6.07) is 16.7. The van der Waals surface area contributed by atoms with Crippen LogP contribution in [0.1, 0.15) is 16.4 Å². The van der Waals surface area contributed by atoms with Crippen molar-refractivity contribution < 1.29 is 14.1 Å². The average Bonchev–Trinajstić information content (AvgIpc) is 3.37. The number of rotatable bonds is 5. The fourth-order valence-corrected chi connectivity index (χ4v) is 3.33. The van der Waals surface area contributed by atoms with Crippen molar-refractivity contribution in [1.82, 2.24) is 15.1 Å². The molecule has 27 heavy (non-hydrogen) atoms. The molecular formula is C19H12ClN3O3S. The SMILES string of the molecule is O=C(OCc1nc(-c2cccc(Cl)c2)no1)c1csc(-c2ccccc2)n1. The second-order valence-electron chi connectivity index (χ2n) is 5.50. The van der Waals surface area contributed by atoms with Crippen molar-refractivity contribution in [2.45, 2.75) is 6.61 Å². The number of benzene rings is 2. The van der Waals surface area contributed by atoms with Crippen LogP contribution in [-0.4, -0.2) is 21.1 Å². The highest BCUT2D eigenvalue weighted by Crippen LogP contribution is 2.24. The van der Waals surface area contributed by atoms with E-state index in [4.69, 9.17) is 20.9 Å². The zero-order valence-electron chi connectivity index (χ0n) is 13.8. The summed E-state index contributed by atoms with van der Waals surface area (Å²) in [7, 11) is 0. The number of nitrogens with zero attached hydrogens (tertiary/aromatic N) is 3. The van der Waals surface area contributed by atoms with E-state index >= 15 is 0 Å². The highest BCUT2D eigenvalue weighted by atomic mass is 35.5. The fraction of sp³-hybridized carbons (Fsp3) is 0.0526. The molecule has 4 rings (SSSR count). The van der Waals surface area contributed by atoms with Crippen LogP contribution in [0.5, 0.6) is 0 Å². The van der Waals surface area contributed by atoms with E-state index in [9.17, 15) is 4.79 Å². The van der Waals surface area contributed by atoms with Crippen molar-refractivity contribution in [2.75, 3.05) is 0 Å². The Morgan fingerprint density at radius 3 is 2.70 bits per heavy atom. The maximum atomic E-state index is 12.2. The summed E-state index contributed by atoms with van der Waals surface area (Å²) < 4.78 is 10.3. The van der Waals surface area contributed by atoms with Crippen LogP contribution in [0.3, 0.4) is 0 Å². The van der Waals surface area contributed by atoms with Gasteiger partial charge in [-0.1, -0.05) is 59.2 Å². The van der Waals surface area contributed by atoms with Crippen LogP contribution in [0.2, 0.25) is 5.02 Å². The summed E-state index contributed by atoms with van der Waals surface area (Å²) in [5.41, 5.74) is 1.91. The van der Waals surface area contributed by atoms with Gasteiger partial charge >= 0.3 is 5.97 Å². The Kier molecular flexibility index (Phi) is 4.95. The largest absolute Gasteiger partial charge is 0.451 e. The van der Waals surface area contributed by atoms with Gasteiger partial charge in [0, 0.05) is 21.5 Å². The zero-order chi connectivity index (χ0) is 18.6. The molecule has 8 heteroatoms. The third-order valence-corrected chi connectivity index (χ3v) is 4.74. The van der Waals surface area contributed by atoms with Gasteiger partial charge in [0.15, 0.2) is 12.3 Å². The molecule has 0 aliphatic heterocycles. The quantitative estimate of drug-likeness (QED) is 0.447. The molecule has 2 aromatic carbocycles. The Morgan fingerprint density at radius 2 is 1.89 bits per heavy atom. The fourth-order valence-electron chi connectivity index (χ4n) is 2.34. The first-order chi connectivity index (χ1) is 13.2. The van der Waals surface area contributed by atoms with Gasteiger partial charge in [0.05, 0.1) is 0 Å². The molecule has 0 radical (unpaired) electrons. The van der Waals surface area contributed by atoms with Gasteiger partial charge in [0.25, 0.3) is 5.89 Å². The van der Waals surface area contributed by atoms with Gasteiger partial charge in [-0.25, -0.2) is 9.78 Å². The number of aromatic nitrogens is 3. The lowest BCUT2D eigenvalue weighted by molar-refractivity contribution is 0.0424. The second-order valence-corrected chi connectivity index (χ2v) is 6.80. The third kappa shape index (κ3) is 4.05. The lowest BCUT2D eigenvalue weighted by atomic mass is 10.2. The molecule has 2 heterocycles. The number of halogens is 1. The minimum absolute atomic E-state index is 0.134. The van der Waals surface area contributed by atoms with Crippen molar-refractivity contribution >= 4 is 28.9 Å². The van der Waals surface area contributed by atoms with Crippen molar-refractivity contribution in [3.63, 3.8) is 0 Å². The van der Waals surface area contributed by atoms with Crippen molar-refractivity contribution in [3.05, 3.63) is 76.6 Å². The van der Waals surface area contributed by atoms with Gasteiger partial charge < -0.3 is 9.26 Å². The number of esters is 1. The minimum Gasteiger partial charge on any atom is -0.451 e. The first kappa shape index (κ1) is 17.4. The van der Waals surface area contributed by atoms with Crippen LogP contribution in [0, 0.1) is 0 Å². The number of hydrogen-bond donors (Lipinski definition) is 0. The summed E-state index contributed by atoms with van der Waals surface area (Å²) in [5.74, 6) is 0.0244. The van der Waals surface area contributed by atoms with Gasteiger partial charge in [-0.15, -0.1) is 11.3 Å². The lowest BCUT2D eigenvalue weighted by Gasteiger charge is -1.98. The third-order valence-electron chi connectivity index (χ3n) is 3.61. The number of thiazole rings is 1. The number of carbonyl (C=O) groups excluding carboxylic acids is 1. The highest BCUT2D eigenvalue weighted by Gasteiger charge is 2.16. The Bertz CT molecular complexity index is 1080. The Labute approximate surface area is 163 Å². The molecule has 6 nitrogen and oxygen atoms in total. The molecule has 134 valence electrons. The van der Waals surface area contributed by atoms with E-state index < -0.39 is 5.97 Å². The van der Waals surface area contributed by atoms with Crippen LogP contribution in [0.15, 0.2) is 64.5 Å². The Balaban J connectivity index is 1.41. The van der Waals surface area contributed by atoms with Crippen LogP contribution in [0.4, 0.5) is 0 Å². The van der Waals surface area contributed by atoms with Crippen LogP contribution in [0.25, 0.3) is 22.0 Å². The van der Waals surface area contributed by atoms with Gasteiger partial charge in [0.1, 0.15) is 5.01 Å². The molecule has 0 aliphatic rings. The van der Waals surface area contributed by atoms with Crippen molar-refractivity contribution in [2.24, 2.45) is 0 Å². The minimum atomic E-state index is -0.545. The maximum Gasteiger partial charge on any atom is 0.358 e. The molecule has 0 fully saturated rings. The summed E-state index contributed by atoms with van der Waals surface area (Å²) in [5, 5.41) is 6.86. The molecule has 2 aromatic heterocycles. The van der Waals surface area contributed by atoms with Crippen molar-refractivity contribution in [1.29, 1.82) is 0 Å². The van der Waals surface area contributed by atoms with Crippen molar-refractivity contribution in [3.8, 4) is 22.0 Å². The van der Waals surface area contributed by atoms with E-state index in [1.165, 1.54) is 11.3 Å². The summed E-state index contributed by atoms with van der Waals surface area (Å²) in [4.78, 5) is 20.7. The van der Waals surface area contributed by atoms with E-state index in [1.807, 2.05) is 36.4 Å². The van der Waals surface area contributed by atoms with Gasteiger partial charge in [-0.05, 0) is 12.1 Å². The maximum absolute atomic E-state index is 12.2. The van der Waals surface area contributed by atoms with Gasteiger partial charge in [0.2, 0.25) is 5.82 Å². The molecule has 0 saturated carbocycles. The molecule has 0 bridgehead atoms. The molecule has 0 saturated heterocycles. The van der Waals surface area contributed by atoms with Gasteiger partial charge in [-0.3, -0.25) is 0 Å². The molecule has 0 unspecified atom stereocenters. The standard InChI is InChI=1S/C19H12ClN3O3S/c20-14-8-4-7-13(9-14)17-22-16(26-23-17)10-25-19(24)15-11-27-18(21-15)12-5-2-1-3-6-12/h1-9,11H,10H2. The molecule has 4 aromatic rings. The highest BCUT2D eigenvalue weighted by molar-refractivity contribution is 7.13. The van der Waals surface area contributed by atoms with E-state index in [2.05, 4.69) is 15.1 Å². The normalized spacial score (nSPS) is 10.7. The summed E-state index contributed by atoms with van der Waals surface area (Å²) in [6.07, 6.45) is 0. The predicted molar refractivity (Wildman–Crippen MR) is 101 cm³/mol. The molecule has 0 atom stereocenters. The zero-order valence-corrected chi connectivity index (χ0v) is 15.4. The molecule has 0 amide bonds. The summed E-state index contributed by atoms with van der Waals surface area (Å²) in [6.45, 7) is -0.134. The molecule has 0 aliphatic carbocycles. The van der Waals surface area contributed by atoms with E-state index in [-0.39, 0.29) is 18.2 Å².